The second-order valence-corrected chi connectivity index (χ2v) is 5.88. The number of carbonyl (C=O) groups excluding carboxylic acids is 1. The van der Waals surface area contributed by atoms with Crippen molar-refractivity contribution in [2.24, 2.45) is 0 Å². The normalized spacial score (nSPS) is 10.6. The molecule has 0 aliphatic carbocycles. The van der Waals surface area contributed by atoms with Gasteiger partial charge in [0.25, 0.3) is 0 Å². The number of aryl methyl sites for hydroxylation is 1. The summed E-state index contributed by atoms with van der Waals surface area (Å²) < 4.78 is 4.96. The zero-order chi connectivity index (χ0) is 17.6. The molecule has 0 bridgehead atoms. The Kier molecular flexibility index (Phi) is 5.23. The van der Waals surface area contributed by atoms with E-state index in [1.54, 1.807) is 11.8 Å². The topological polar surface area (TPSA) is 59.2 Å². The third-order valence-corrected chi connectivity index (χ3v) is 4.05. The molecule has 0 N–H and O–H groups in total. The molecule has 3 aromatic rings. The van der Waals surface area contributed by atoms with Gasteiger partial charge in [-0.3, -0.25) is 4.79 Å². The van der Waals surface area contributed by atoms with Crippen LogP contribution in [0.3, 0.4) is 0 Å². The molecule has 1 amide bonds. The number of aromatic nitrogens is 2. The zero-order valence-electron chi connectivity index (χ0n) is 14.5. The summed E-state index contributed by atoms with van der Waals surface area (Å²) in [6, 6.07) is 18.3. The number of rotatable bonds is 6. The highest BCUT2D eigenvalue weighted by Crippen LogP contribution is 2.19. The van der Waals surface area contributed by atoms with E-state index in [1.165, 1.54) is 5.56 Å². The highest BCUT2D eigenvalue weighted by Gasteiger charge is 2.15. The van der Waals surface area contributed by atoms with Crippen LogP contribution in [0.2, 0.25) is 0 Å². The van der Waals surface area contributed by atoms with Crippen molar-refractivity contribution in [3.63, 3.8) is 0 Å². The Balaban J connectivity index is 1.65. The first kappa shape index (κ1) is 16.9. The molecule has 25 heavy (non-hydrogen) atoms. The molecule has 0 fully saturated rings. The van der Waals surface area contributed by atoms with E-state index in [2.05, 4.69) is 34.4 Å². The van der Waals surface area contributed by atoms with Gasteiger partial charge in [0.15, 0.2) is 5.82 Å². The monoisotopic (exact) mass is 335 g/mol. The van der Waals surface area contributed by atoms with Crippen LogP contribution in [0.4, 0.5) is 0 Å². The van der Waals surface area contributed by atoms with Gasteiger partial charge in [-0.05, 0) is 23.6 Å². The maximum absolute atomic E-state index is 12.5. The SMILES string of the molecule is CCN(Cc1noc(C)n1)C(=O)Cc1ccc(-c2ccccc2)cc1. The predicted octanol–water partition coefficient (Wildman–Crippen LogP) is 3.64. The Labute approximate surface area is 147 Å². The van der Waals surface area contributed by atoms with Gasteiger partial charge in [-0.1, -0.05) is 59.8 Å². The molecule has 5 nitrogen and oxygen atoms in total. The van der Waals surface area contributed by atoms with Crippen molar-refractivity contribution in [1.82, 2.24) is 15.0 Å². The predicted molar refractivity (Wildman–Crippen MR) is 95.7 cm³/mol. The van der Waals surface area contributed by atoms with Crippen LogP contribution in [0, 0.1) is 6.92 Å². The van der Waals surface area contributed by atoms with E-state index in [9.17, 15) is 4.79 Å². The Bertz CT molecular complexity index is 826. The standard InChI is InChI=1S/C20H21N3O2/c1-3-23(14-19-21-15(2)25-22-19)20(24)13-16-9-11-18(12-10-16)17-7-5-4-6-8-17/h4-12H,3,13-14H2,1-2H3. The molecular weight excluding hydrogens is 314 g/mol. The first-order valence-corrected chi connectivity index (χ1v) is 8.37. The molecule has 128 valence electrons. The lowest BCUT2D eigenvalue weighted by molar-refractivity contribution is -0.131. The molecule has 0 aliphatic heterocycles. The Morgan fingerprint density at radius 1 is 1.04 bits per heavy atom. The van der Waals surface area contributed by atoms with Crippen molar-refractivity contribution in [1.29, 1.82) is 0 Å². The average molecular weight is 335 g/mol. The molecule has 0 aliphatic rings. The number of carbonyl (C=O) groups is 1. The van der Waals surface area contributed by atoms with E-state index in [1.807, 2.05) is 37.3 Å². The Hall–Kier alpha value is -2.95. The molecule has 0 unspecified atom stereocenters. The average Bonchev–Trinajstić information content (AvgIpc) is 3.06. The fourth-order valence-corrected chi connectivity index (χ4v) is 2.68. The highest BCUT2D eigenvalue weighted by molar-refractivity contribution is 5.79. The van der Waals surface area contributed by atoms with Gasteiger partial charge in [-0.2, -0.15) is 4.98 Å². The smallest absolute Gasteiger partial charge is 0.227 e. The maximum atomic E-state index is 12.5. The number of hydrogen-bond donors (Lipinski definition) is 0. The Morgan fingerprint density at radius 2 is 1.72 bits per heavy atom. The second-order valence-electron chi connectivity index (χ2n) is 5.88. The van der Waals surface area contributed by atoms with Crippen LogP contribution in [-0.4, -0.2) is 27.5 Å². The quantitative estimate of drug-likeness (QED) is 0.690. The van der Waals surface area contributed by atoms with E-state index < -0.39 is 0 Å². The fraction of sp³-hybridized carbons (Fsp3) is 0.250. The van der Waals surface area contributed by atoms with Crippen LogP contribution in [-0.2, 0) is 17.8 Å². The summed E-state index contributed by atoms with van der Waals surface area (Å²) in [6.45, 7) is 4.66. The van der Waals surface area contributed by atoms with Crippen LogP contribution in [0.1, 0.15) is 24.2 Å². The summed E-state index contributed by atoms with van der Waals surface area (Å²) in [6.07, 6.45) is 0.361. The van der Waals surface area contributed by atoms with E-state index in [-0.39, 0.29) is 5.91 Å². The minimum absolute atomic E-state index is 0.0532. The number of nitrogens with zero attached hydrogens (tertiary/aromatic N) is 3. The molecule has 0 spiro atoms. The highest BCUT2D eigenvalue weighted by atomic mass is 16.5. The lowest BCUT2D eigenvalue weighted by Gasteiger charge is -2.19. The summed E-state index contributed by atoms with van der Waals surface area (Å²) in [4.78, 5) is 18.4. The van der Waals surface area contributed by atoms with Gasteiger partial charge in [0.2, 0.25) is 11.8 Å². The fourth-order valence-electron chi connectivity index (χ4n) is 2.68. The molecule has 0 saturated heterocycles. The lowest BCUT2D eigenvalue weighted by Crippen LogP contribution is -2.32. The number of likely N-dealkylation sites (N-methyl/N-ethyl adjacent to an activating group) is 1. The van der Waals surface area contributed by atoms with Crippen molar-refractivity contribution in [3.8, 4) is 11.1 Å². The summed E-state index contributed by atoms with van der Waals surface area (Å²) in [5.41, 5.74) is 3.31. The van der Waals surface area contributed by atoms with E-state index in [0.29, 0.717) is 31.2 Å². The minimum Gasteiger partial charge on any atom is -0.340 e. The molecule has 3 rings (SSSR count). The van der Waals surface area contributed by atoms with Crippen molar-refractivity contribution in [3.05, 3.63) is 71.9 Å². The van der Waals surface area contributed by atoms with Crippen LogP contribution in [0.15, 0.2) is 59.1 Å². The summed E-state index contributed by atoms with van der Waals surface area (Å²) in [5, 5.41) is 3.86. The third kappa shape index (κ3) is 4.32. The van der Waals surface area contributed by atoms with Gasteiger partial charge in [0.05, 0.1) is 13.0 Å². The van der Waals surface area contributed by atoms with Crippen molar-refractivity contribution < 1.29 is 9.32 Å². The molecule has 5 heteroatoms. The van der Waals surface area contributed by atoms with Crippen molar-refractivity contribution >= 4 is 5.91 Å². The summed E-state index contributed by atoms with van der Waals surface area (Å²) in [5.74, 6) is 1.10. The van der Waals surface area contributed by atoms with Crippen molar-refractivity contribution in [2.45, 2.75) is 26.8 Å². The lowest BCUT2D eigenvalue weighted by atomic mass is 10.0. The molecule has 0 atom stereocenters. The Morgan fingerprint density at radius 3 is 2.32 bits per heavy atom. The summed E-state index contributed by atoms with van der Waals surface area (Å²) in [7, 11) is 0. The van der Waals surface area contributed by atoms with E-state index in [4.69, 9.17) is 4.52 Å². The number of amides is 1. The van der Waals surface area contributed by atoms with Gasteiger partial charge < -0.3 is 9.42 Å². The van der Waals surface area contributed by atoms with Gasteiger partial charge in [-0.25, -0.2) is 0 Å². The second kappa shape index (κ2) is 7.75. The minimum atomic E-state index is 0.0532. The summed E-state index contributed by atoms with van der Waals surface area (Å²) >= 11 is 0. The van der Waals surface area contributed by atoms with Crippen LogP contribution in [0.5, 0.6) is 0 Å². The number of hydrogen-bond acceptors (Lipinski definition) is 4. The number of benzene rings is 2. The van der Waals surface area contributed by atoms with Gasteiger partial charge in [-0.15, -0.1) is 0 Å². The third-order valence-electron chi connectivity index (χ3n) is 4.05. The van der Waals surface area contributed by atoms with Gasteiger partial charge in [0, 0.05) is 13.5 Å². The van der Waals surface area contributed by atoms with Crippen molar-refractivity contribution in [2.75, 3.05) is 6.54 Å². The first-order chi connectivity index (χ1) is 12.2. The molecular formula is C20H21N3O2. The van der Waals surface area contributed by atoms with Gasteiger partial charge in [0.1, 0.15) is 0 Å². The van der Waals surface area contributed by atoms with Crippen LogP contribution >= 0.6 is 0 Å². The molecule has 1 heterocycles. The maximum Gasteiger partial charge on any atom is 0.227 e. The van der Waals surface area contributed by atoms with Crippen LogP contribution < -0.4 is 0 Å². The molecule has 0 saturated carbocycles. The van der Waals surface area contributed by atoms with Crippen LogP contribution in [0.25, 0.3) is 11.1 Å². The van der Waals surface area contributed by atoms with E-state index >= 15 is 0 Å². The molecule has 1 aromatic heterocycles. The first-order valence-electron chi connectivity index (χ1n) is 8.37. The van der Waals surface area contributed by atoms with E-state index in [0.717, 1.165) is 11.1 Å². The largest absolute Gasteiger partial charge is 0.340 e. The molecule has 0 radical (unpaired) electrons. The van der Waals surface area contributed by atoms with Gasteiger partial charge >= 0.3 is 0 Å². The molecule has 2 aromatic carbocycles. The zero-order valence-corrected chi connectivity index (χ0v) is 14.5.